The van der Waals surface area contributed by atoms with Gasteiger partial charge in [0.1, 0.15) is 17.0 Å². The first kappa shape index (κ1) is 17.7. The fraction of sp³-hybridized carbons (Fsp3) is 0.412. The van der Waals surface area contributed by atoms with E-state index in [0.717, 1.165) is 5.56 Å². The van der Waals surface area contributed by atoms with Crippen molar-refractivity contribution in [2.24, 2.45) is 0 Å². The van der Waals surface area contributed by atoms with Crippen LogP contribution in [0.5, 0.6) is 5.75 Å². The molecule has 25 heavy (non-hydrogen) atoms. The fourth-order valence-corrected chi connectivity index (χ4v) is 3.13. The summed E-state index contributed by atoms with van der Waals surface area (Å²) < 4.78 is 33.5. The van der Waals surface area contributed by atoms with Crippen LogP contribution in [0.4, 0.5) is 14.5 Å². The van der Waals surface area contributed by atoms with Crippen LogP contribution in [-0.4, -0.2) is 21.3 Å². The fourth-order valence-electron chi connectivity index (χ4n) is 2.89. The summed E-state index contributed by atoms with van der Waals surface area (Å²) in [6.45, 7) is 5.99. The molecule has 3 rings (SSSR count). The number of aromatic nitrogens is 2. The summed E-state index contributed by atoms with van der Waals surface area (Å²) in [6, 6.07) is 3.33. The summed E-state index contributed by atoms with van der Waals surface area (Å²) in [6.07, 6.45) is -0.886. The second kappa shape index (κ2) is 6.29. The van der Waals surface area contributed by atoms with Gasteiger partial charge in [0.2, 0.25) is 0 Å². The number of aryl methyl sites for hydroxylation is 1. The van der Waals surface area contributed by atoms with Gasteiger partial charge in [-0.15, -0.1) is 0 Å². The highest BCUT2D eigenvalue weighted by atomic mass is 35.5. The van der Waals surface area contributed by atoms with Gasteiger partial charge in [0.15, 0.2) is 0 Å². The number of halogens is 3. The zero-order chi connectivity index (χ0) is 18.4. The number of benzene rings is 1. The third kappa shape index (κ3) is 3.46. The Balaban J connectivity index is 1.94. The number of carbonyl (C=O) groups is 1. The Morgan fingerprint density at radius 1 is 1.48 bits per heavy atom. The molecule has 8 heteroatoms. The topological polar surface area (TPSA) is 56.2 Å². The number of hydrogen-bond donors (Lipinski definition) is 1. The van der Waals surface area contributed by atoms with Gasteiger partial charge in [-0.05, 0) is 32.9 Å². The van der Waals surface area contributed by atoms with Crippen molar-refractivity contribution in [2.45, 2.75) is 45.8 Å². The summed E-state index contributed by atoms with van der Waals surface area (Å²) in [5.41, 5.74) is 0.101. The van der Waals surface area contributed by atoms with Gasteiger partial charge in [-0.3, -0.25) is 9.48 Å². The number of ether oxygens (including phenoxy) is 1. The molecule has 2 heterocycles. The maximum absolute atomic E-state index is 13.2. The molecule has 1 aromatic carbocycles. The van der Waals surface area contributed by atoms with Gasteiger partial charge in [0.05, 0.1) is 11.3 Å². The molecule has 0 saturated heterocycles. The van der Waals surface area contributed by atoms with Gasteiger partial charge in [-0.25, -0.2) is 8.78 Å². The molecular weight excluding hydrogens is 352 g/mol. The number of rotatable bonds is 4. The van der Waals surface area contributed by atoms with Gasteiger partial charge in [0, 0.05) is 29.7 Å². The van der Waals surface area contributed by atoms with E-state index in [4.69, 9.17) is 16.3 Å². The van der Waals surface area contributed by atoms with Crippen LogP contribution in [0, 0.1) is 0 Å². The molecule has 1 amide bonds. The van der Waals surface area contributed by atoms with E-state index in [1.807, 2.05) is 13.8 Å². The standard InChI is InChI=1S/C17H18ClF2N3O2/c1-4-23-8-11(13(22-23)15(19)20)16(24)21-12-6-10(18)5-9-7-17(2,3)25-14(9)12/h5-6,8,15H,4,7H2,1-3H3,(H,21,24). The number of alkyl halides is 2. The van der Waals surface area contributed by atoms with E-state index in [-0.39, 0.29) is 5.56 Å². The van der Waals surface area contributed by atoms with Gasteiger partial charge in [-0.2, -0.15) is 5.10 Å². The summed E-state index contributed by atoms with van der Waals surface area (Å²) in [7, 11) is 0. The average molecular weight is 370 g/mol. The first-order valence-electron chi connectivity index (χ1n) is 7.88. The monoisotopic (exact) mass is 369 g/mol. The van der Waals surface area contributed by atoms with Crippen molar-refractivity contribution in [3.63, 3.8) is 0 Å². The van der Waals surface area contributed by atoms with E-state index < -0.39 is 23.6 Å². The number of anilines is 1. The third-order valence-corrected chi connectivity index (χ3v) is 4.16. The highest BCUT2D eigenvalue weighted by Gasteiger charge is 2.33. The molecule has 0 saturated carbocycles. The van der Waals surface area contributed by atoms with Crippen LogP contribution in [0.2, 0.25) is 5.02 Å². The number of nitrogens with zero attached hydrogens (tertiary/aromatic N) is 2. The molecule has 0 bridgehead atoms. The zero-order valence-electron chi connectivity index (χ0n) is 14.1. The summed E-state index contributed by atoms with van der Waals surface area (Å²) >= 11 is 6.12. The zero-order valence-corrected chi connectivity index (χ0v) is 14.8. The first-order valence-corrected chi connectivity index (χ1v) is 8.26. The maximum atomic E-state index is 13.2. The minimum Gasteiger partial charge on any atom is -0.485 e. The highest BCUT2D eigenvalue weighted by Crippen LogP contribution is 2.42. The Morgan fingerprint density at radius 2 is 2.20 bits per heavy atom. The normalized spacial score (nSPS) is 15.2. The molecule has 0 spiro atoms. The maximum Gasteiger partial charge on any atom is 0.282 e. The molecule has 1 aliphatic rings. The van der Waals surface area contributed by atoms with Crippen LogP contribution in [0.1, 0.15) is 48.8 Å². The van der Waals surface area contributed by atoms with Crippen LogP contribution >= 0.6 is 11.6 Å². The SMILES string of the molecule is CCn1cc(C(=O)Nc2cc(Cl)cc3c2OC(C)(C)C3)c(C(F)F)n1. The van der Waals surface area contributed by atoms with Crippen LogP contribution in [0.25, 0.3) is 0 Å². The Kier molecular flexibility index (Phi) is 4.45. The van der Waals surface area contributed by atoms with E-state index in [1.165, 1.54) is 10.9 Å². The number of nitrogens with one attached hydrogen (secondary N) is 1. The first-order chi connectivity index (χ1) is 11.7. The largest absolute Gasteiger partial charge is 0.485 e. The predicted octanol–water partition coefficient (Wildman–Crippen LogP) is 4.46. The average Bonchev–Trinajstić information content (AvgIpc) is 3.07. The van der Waals surface area contributed by atoms with Crippen molar-refractivity contribution < 1.29 is 18.3 Å². The molecular formula is C17H18ClF2N3O2. The molecule has 1 aliphatic heterocycles. The van der Waals surface area contributed by atoms with Gasteiger partial charge in [0.25, 0.3) is 12.3 Å². The van der Waals surface area contributed by atoms with E-state index >= 15 is 0 Å². The lowest BCUT2D eigenvalue weighted by molar-refractivity contribution is 0.100. The molecule has 0 fully saturated rings. The van der Waals surface area contributed by atoms with Crippen molar-refractivity contribution in [1.29, 1.82) is 0 Å². The lowest BCUT2D eigenvalue weighted by Crippen LogP contribution is -2.25. The van der Waals surface area contributed by atoms with Gasteiger partial charge in [-0.1, -0.05) is 11.6 Å². The second-order valence-corrected chi connectivity index (χ2v) is 6.96. The van der Waals surface area contributed by atoms with E-state index in [0.29, 0.717) is 29.4 Å². The second-order valence-electron chi connectivity index (χ2n) is 6.52. The van der Waals surface area contributed by atoms with Crippen LogP contribution in [-0.2, 0) is 13.0 Å². The van der Waals surface area contributed by atoms with Crippen LogP contribution in [0.15, 0.2) is 18.3 Å². The molecule has 0 radical (unpaired) electrons. The summed E-state index contributed by atoms with van der Waals surface area (Å²) in [5.74, 6) is -0.156. The minimum absolute atomic E-state index is 0.164. The lowest BCUT2D eigenvalue weighted by Gasteiger charge is -2.18. The lowest BCUT2D eigenvalue weighted by atomic mass is 10.0. The van der Waals surface area contributed by atoms with Gasteiger partial charge < -0.3 is 10.1 Å². The summed E-state index contributed by atoms with van der Waals surface area (Å²) in [4.78, 5) is 12.5. The Labute approximate surface area is 148 Å². The minimum atomic E-state index is -2.84. The third-order valence-electron chi connectivity index (χ3n) is 3.94. The van der Waals surface area contributed by atoms with Gasteiger partial charge >= 0.3 is 0 Å². The van der Waals surface area contributed by atoms with Crippen molar-refractivity contribution in [1.82, 2.24) is 9.78 Å². The molecule has 1 N–H and O–H groups in total. The van der Waals surface area contributed by atoms with Crippen molar-refractivity contribution in [3.8, 4) is 5.75 Å². The van der Waals surface area contributed by atoms with Crippen molar-refractivity contribution in [3.05, 3.63) is 40.2 Å². The smallest absolute Gasteiger partial charge is 0.282 e. The molecule has 134 valence electrons. The quantitative estimate of drug-likeness (QED) is 0.865. The van der Waals surface area contributed by atoms with E-state index in [2.05, 4.69) is 10.4 Å². The number of amides is 1. The predicted molar refractivity (Wildman–Crippen MR) is 90.7 cm³/mol. The highest BCUT2D eigenvalue weighted by molar-refractivity contribution is 6.31. The van der Waals surface area contributed by atoms with Crippen molar-refractivity contribution in [2.75, 3.05) is 5.32 Å². The molecule has 0 unspecified atom stereocenters. The molecule has 0 aliphatic carbocycles. The Hall–Kier alpha value is -2.15. The molecule has 5 nitrogen and oxygen atoms in total. The van der Waals surface area contributed by atoms with E-state index in [1.54, 1.807) is 19.1 Å². The number of carbonyl (C=O) groups excluding carboxylic acids is 1. The molecule has 0 atom stereocenters. The number of hydrogen-bond acceptors (Lipinski definition) is 3. The van der Waals surface area contributed by atoms with E-state index in [9.17, 15) is 13.6 Å². The Morgan fingerprint density at radius 3 is 2.84 bits per heavy atom. The number of fused-ring (bicyclic) bond motifs is 1. The van der Waals surface area contributed by atoms with Crippen LogP contribution in [0.3, 0.4) is 0 Å². The Bertz CT molecular complexity index is 834. The van der Waals surface area contributed by atoms with Crippen molar-refractivity contribution >= 4 is 23.2 Å². The van der Waals surface area contributed by atoms with Crippen LogP contribution < -0.4 is 10.1 Å². The molecule has 1 aromatic heterocycles. The summed E-state index contributed by atoms with van der Waals surface area (Å²) in [5, 5.41) is 6.83. The molecule has 2 aromatic rings.